The quantitative estimate of drug-likeness (QED) is 0.695. The van der Waals surface area contributed by atoms with Crippen LogP contribution in [0, 0.1) is 9.49 Å². The maximum atomic E-state index is 11.9. The Morgan fingerprint density at radius 1 is 1.11 bits per heavy atom. The first-order valence-electron chi connectivity index (χ1n) is 7.00. The van der Waals surface area contributed by atoms with Crippen LogP contribution in [0.3, 0.4) is 0 Å². The summed E-state index contributed by atoms with van der Waals surface area (Å²) in [5.41, 5.74) is 1.16. The predicted molar refractivity (Wildman–Crippen MR) is 83.7 cm³/mol. The van der Waals surface area contributed by atoms with E-state index in [0.717, 1.165) is 24.3 Å². The molecule has 18 heavy (non-hydrogen) atoms. The van der Waals surface area contributed by atoms with Crippen LogP contribution in [0.5, 0.6) is 0 Å². The van der Waals surface area contributed by atoms with Crippen molar-refractivity contribution in [1.82, 2.24) is 0 Å². The highest BCUT2D eigenvalue weighted by Crippen LogP contribution is 2.27. The Balaban J connectivity index is 1.73. The van der Waals surface area contributed by atoms with E-state index in [-0.39, 0.29) is 0 Å². The van der Waals surface area contributed by atoms with Gasteiger partial charge in [0.25, 0.3) is 0 Å². The maximum absolute atomic E-state index is 11.9. The SMILES string of the molecule is O=C(CCC1CCCCC1)Cc1ccc(I)cc1. The van der Waals surface area contributed by atoms with E-state index in [0.29, 0.717) is 12.2 Å². The third-order valence-corrected chi connectivity index (χ3v) is 4.59. The third-order valence-electron chi connectivity index (χ3n) is 3.87. The second-order valence-corrected chi connectivity index (χ2v) is 6.63. The molecule has 1 aromatic carbocycles. The summed E-state index contributed by atoms with van der Waals surface area (Å²) in [5, 5.41) is 0. The van der Waals surface area contributed by atoms with Gasteiger partial charge in [0.05, 0.1) is 0 Å². The molecular formula is C16H21IO. The van der Waals surface area contributed by atoms with Gasteiger partial charge in [-0.3, -0.25) is 4.79 Å². The summed E-state index contributed by atoms with van der Waals surface area (Å²) in [6, 6.07) is 8.29. The summed E-state index contributed by atoms with van der Waals surface area (Å²) in [5.74, 6) is 1.22. The number of rotatable bonds is 5. The molecule has 0 spiro atoms. The Morgan fingerprint density at radius 3 is 2.44 bits per heavy atom. The first kappa shape index (κ1) is 14.0. The van der Waals surface area contributed by atoms with Crippen molar-refractivity contribution in [2.75, 3.05) is 0 Å². The van der Waals surface area contributed by atoms with Gasteiger partial charge in [0.15, 0.2) is 0 Å². The van der Waals surface area contributed by atoms with Gasteiger partial charge in [-0.2, -0.15) is 0 Å². The van der Waals surface area contributed by atoms with Gasteiger partial charge in [0, 0.05) is 16.4 Å². The van der Waals surface area contributed by atoms with E-state index in [2.05, 4.69) is 46.9 Å². The van der Waals surface area contributed by atoms with Crippen molar-refractivity contribution in [2.24, 2.45) is 5.92 Å². The molecule has 0 radical (unpaired) electrons. The number of benzene rings is 1. The number of Topliss-reactive ketones (excluding diaryl/α,β-unsaturated/α-hetero) is 1. The number of halogens is 1. The molecule has 0 atom stereocenters. The zero-order valence-electron chi connectivity index (χ0n) is 10.8. The van der Waals surface area contributed by atoms with E-state index < -0.39 is 0 Å². The third kappa shape index (κ3) is 4.71. The summed E-state index contributed by atoms with van der Waals surface area (Å²) in [6.07, 6.45) is 9.33. The topological polar surface area (TPSA) is 17.1 Å². The van der Waals surface area contributed by atoms with Crippen LogP contribution >= 0.6 is 22.6 Å². The van der Waals surface area contributed by atoms with Crippen LogP contribution in [0.1, 0.15) is 50.5 Å². The van der Waals surface area contributed by atoms with Gasteiger partial charge in [-0.15, -0.1) is 0 Å². The minimum Gasteiger partial charge on any atom is -0.299 e. The fourth-order valence-corrected chi connectivity index (χ4v) is 3.12. The maximum Gasteiger partial charge on any atom is 0.137 e. The first-order chi connectivity index (χ1) is 8.74. The van der Waals surface area contributed by atoms with Crippen LogP contribution in [0.15, 0.2) is 24.3 Å². The van der Waals surface area contributed by atoms with Crippen molar-refractivity contribution in [3.8, 4) is 0 Å². The van der Waals surface area contributed by atoms with Gasteiger partial charge in [0.2, 0.25) is 0 Å². The zero-order chi connectivity index (χ0) is 12.8. The lowest BCUT2D eigenvalue weighted by Crippen LogP contribution is -2.10. The number of hydrogen-bond donors (Lipinski definition) is 0. The Labute approximate surface area is 123 Å². The molecule has 1 nitrogen and oxygen atoms in total. The Hall–Kier alpha value is -0.380. The van der Waals surface area contributed by atoms with Gasteiger partial charge >= 0.3 is 0 Å². The van der Waals surface area contributed by atoms with E-state index in [1.807, 2.05) is 0 Å². The number of ketones is 1. The average molecular weight is 356 g/mol. The molecule has 0 bridgehead atoms. The highest BCUT2D eigenvalue weighted by Gasteiger charge is 2.14. The molecule has 0 aromatic heterocycles. The van der Waals surface area contributed by atoms with Crippen LogP contribution in [0.4, 0.5) is 0 Å². The van der Waals surface area contributed by atoms with Crippen LogP contribution in [0.25, 0.3) is 0 Å². The van der Waals surface area contributed by atoms with Crippen molar-refractivity contribution >= 4 is 28.4 Å². The van der Waals surface area contributed by atoms with Gasteiger partial charge in [0.1, 0.15) is 5.78 Å². The molecule has 0 saturated heterocycles. The second kappa shape index (κ2) is 7.27. The van der Waals surface area contributed by atoms with E-state index in [1.54, 1.807) is 0 Å². The fourth-order valence-electron chi connectivity index (χ4n) is 2.76. The average Bonchev–Trinajstić information content (AvgIpc) is 2.40. The summed E-state index contributed by atoms with van der Waals surface area (Å²) in [6.45, 7) is 0. The second-order valence-electron chi connectivity index (χ2n) is 5.38. The van der Waals surface area contributed by atoms with Crippen LogP contribution in [-0.2, 0) is 11.2 Å². The van der Waals surface area contributed by atoms with Crippen molar-refractivity contribution in [1.29, 1.82) is 0 Å². The number of carbonyl (C=O) groups excluding carboxylic acids is 1. The minimum absolute atomic E-state index is 0.404. The predicted octanol–water partition coefficient (Wildman–Crippen LogP) is 4.76. The number of carbonyl (C=O) groups is 1. The Morgan fingerprint density at radius 2 is 1.78 bits per heavy atom. The molecule has 0 amide bonds. The lowest BCUT2D eigenvalue weighted by Gasteiger charge is -2.20. The number of hydrogen-bond acceptors (Lipinski definition) is 1. The van der Waals surface area contributed by atoms with Crippen LogP contribution in [-0.4, -0.2) is 5.78 Å². The largest absolute Gasteiger partial charge is 0.299 e. The van der Waals surface area contributed by atoms with Crippen LogP contribution < -0.4 is 0 Å². The molecule has 1 saturated carbocycles. The molecule has 98 valence electrons. The van der Waals surface area contributed by atoms with Crippen molar-refractivity contribution in [2.45, 2.75) is 51.4 Å². The van der Waals surface area contributed by atoms with E-state index >= 15 is 0 Å². The molecule has 0 aliphatic heterocycles. The fraction of sp³-hybridized carbons (Fsp3) is 0.562. The highest BCUT2D eigenvalue weighted by atomic mass is 127. The van der Waals surface area contributed by atoms with Crippen molar-refractivity contribution in [3.05, 3.63) is 33.4 Å². The lowest BCUT2D eigenvalue weighted by molar-refractivity contribution is -0.118. The summed E-state index contributed by atoms with van der Waals surface area (Å²) in [4.78, 5) is 11.9. The van der Waals surface area contributed by atoms with Crippen molar-refractivity contribution < 1.29 is 4.79 Å². The van der Waals surface area contributed by atoms with Crippen LogP contribution in [0.2, 0.25) is 0 Å². The molecule has 1 aliphatic rings. The molecule has 2 rings (SSSR count). The van der Waals surface area contributed by atoms with Gasteiger partial charge in [-0.25, -0.2) is 0 Å². The van der Waals surface area contributed by atoms with E-state index in [9.17, 15) is 4.79 Å². The van der Waals surface area contributed by atoms with Gasteiger partial charge in [-0.05, 0) is 52.6 Å². The Bertz CT molecular complexity index is 377. The normalized spacial score (nSPS) is 16.7. The standard InChI is InChI=1S/C16H21IO/c17-15-9-6-14(7-10-15)12-16(18)11-8-13-4-2-1-3-5-13/h6-7,9-10,13H,1-5,8,11-12H2. The van der Waals surface area contributed by atoms with Gasteiger partial charge < -0.3 is 0 Å². The monoisotopic (exact) mass is 356 g/mol. The molecule has 1 aliphatic carbocycles. The molecule has 0 unspecified atom stereocenters. The van der Waals surface area contributed by atoms with E-state index in [1.165, 1.54) is 35.7 Å². The smallest absolute Gasteiger partial charge is 0.137 e. The molecule has 1 aromatic rings. The highest BCUT2D eigenvalue weighted by molar-refractivity contribution is 14.1. The summed E-state index contributed by atoms with van der Waals surface area (Å²) < 4.78 is 1.23. The Kier molecular flexibility index (Phi) is 5.67. The summed E-state index contributed by atoms with van der Waals surface area (Å²) >= 11 is 2.29. The molecule has 0 N–H and O–H groups in total. The van der Waals surface area contributed by atoms with Gasteiger partial charge in [-0.1, -0.05) is 44.2 Å². The lowest BCUT2D eigenvalue weighted by atomic mass is 9.85. The molecule has 2 heteroatoms. The first-order valence-corrected chi connectivity index (χ1v) is 8.08. The van der Waals surface area contributed by atoms with E-state index in [4.69, 9.17) is 0 Å². The minimum atomic E-state index is 0.404. The molecule has 1 fully saturated rings. The van der Waals surface area contributed by atoms with Crippen molar-refractivity contribution in [3.63, 3.8) is 0 Å². The zero-order valence-corrected chi connectivity index (χ0v) is 13.0. The summed E-state index contributed by atoms with van der Waals surface area (Å²) in [7, 11) is 0. The molecular weight excluding hydrogens is 335 g/mol. The molecule has 0 heterocycles.